The average Bonchev–Trinajstić information content (AvgIpc) is 2.84. The molecule has 5 nitrogen and oxygen atoms in total. The van der Waals surface area contributed by atoms with Crippen molar-refractivity contribution in [3.05, 3.63) is 12.2 Å². The molecule has 0 saturated heterocycles. The van der Waals surface area contributed by atoms with Crippen LogP contribution in [0.15, 0.2) is 6.33 Å². The maximum absolute atomic E-state index is 10.6. The molecule has 16 heavy (non-hydrogen) atoms. The molecule has 5 heteroatoms. The molecule has 1 fully saturated rings. The lowest BCUT2D eigenvalue weighted by Crippen LogP contribution is -2.12. The van der Waals surface area contributed by atoms with Gasteiger partial charge in [-0.1, -0.05) is 25.7 Å². The number of hydrogen-bond donors (Lipinski definition) is 1. The minimum atomic E-state index is -0.845. The maximum atomic E-state index is 10.6. The fourth-order valence-corrected chi connectivity index (χ4v) is 2.38. The van der Waals surface area contributed by atoms with Gasteiger partial charge in [0, 0.05) is 6.42 Å². The van der Waals surface area contributed by atoms with Gasteiger partial charge in [-0.25, -0.2) is 0 Å². The van der Waals surface area contributed by atoms with E-state index in [1.807, 2.05) is 0 Å². The molecule has 1 saturated carbocycles. The lowest BCUT2D eigenvalue weighted by Gasteiger charge is -2.08. The Morgan fingerprint density at radius 3 is 2.94 bits per heavy atom. The topological polar surface area (TPSA) is 68.0 Å². The molecule has 1 aliphatic carbocycles. The summed E-state index contributed by atoms with van der Waals surface area (Å²) in [6.45, 7) is -0.0347. The predicted molar refractivity (Wildman–Crippen MR) is 57.9 cm³/mol. The van der Waals surface area contributed by atoms with Gasteiger partial charge in [0.15, 0.2) is 0 Å². The Labute approximate surface area is 94.5 Å². The van der Waals surface area contributed by atoms with E-state index in [1.165, 1.54) is 32.0 Å². The zero-order valence-corrected chi connectivity index (χ0v) is 9.30. The second-order valence-corrected chi connectivity index (χ2v) is 4.46. The Morgan fingerprint density at radius 2 is 2.25 bits per heavy atom. The molecule has 1 aromatic rings. The molecule has 1 N–H and O–H groups in total. The zero-order valence-electron chi connectivity index (χ0n) is 9.30. The Morgan fingerprint density at radius 1 is 1.50 bits per heavy atom. The quantitative estimate of drug-likeness (QED) is 0.821. The largest absolute Gasteiger partial charge is 0.480 e. The Hall–Kier alpha value is -1.39. The summed E-state index contributed by atoms with van der Waals surface area (Å²) in [7, 11) is 0. The van der Waals surface area contributed by atoms with Crippen LogP contribution in [-0.2, 0) is 17.8 Å². The number of carbonyl (C=O) groups is 1. The third kappa shape index (κ3) is 2.81. The van der Waals surface area contributed by atoms with E-state index in [2.05, 4.69) is 10.2 Å². The highest BCUT2D eigenvalue weighted by atomic mass is 16.4. The Balaban J connectivity index is 1.88. The first-order valence-corrected chi connectivity index (χ1v) is 5.84. The van der Waals surface area contributed by atoms with Crippen molar-refractivity contribution in [1.29, 1.82) is 0 Å². The third-order valence-corrected chi connectivity index (χ3v) is 3.25. The van der Waals surface area contributed by atoms with Crippen LogP contribution >= 0.6 is 0 Å². The number of carboxylic acids is 1. The van der Waals surface area contributed by atoms with E-state index in [-0.39, 0.29) is 6.54 Å². The number of hydrogen-bond acceptors (Lipinski definition) is 3. The van der Waals surface area contributed by atoms with E-state index in [9.17, 15) is 4.79 Å². The summed E-state index contributed by atoms with van der Waals surface area (Å²) in [5.41, 5.74) is 0. The van der Waals surface area contributed by atoms with Crippen LogP contribution in [0.3, 0.4) is 0 Å². The van der Waals surface area contributed by atoms with Crippen LogP contribution in [0.25, 0.3) is 0 Å². The highest BCUT2D eigenvalue weighted by molar-refractivity contribution is 5.66. The van der Waals surface area contributed by atoms with Crippen LogP contribution < -0.4 is 0 Å². The van der Waals surface area contributed by atoms with Crippen molar-refractivity contribution in [2.45, 2.75) is 45.1 Å². The normalized spacial score (nSPS) is 16.8. The Kier molecular flexibility index (Phi) is 3.54. The molecule has 2 rings (SSSR count). The van der Waals surface area contributed by atoms with Crippen LogP contribution in [0.1, 0.15) is 37.9 Å². The van der Waals surface area contributed by atoms with E-state index in [0.29, 0.717) is 0 Å². The van der Waals surface area contributed by atoms with Gasteiger partial charge in [0.2, 0.25) is 0 Å². The number of aliphatic carboxylic acids is 1. The van der Waals surface area contributed by atoms with Gasteiger partial charge in [0.1, 0.15) is 18.7 Å². The summed E-state index contributed by atoms with van der Waals surface area (Å²) in [5, 5.41) is 16.5. The minimum absolute atomic E-state index is 0.0347. The molecular weight excluding hydrogens is 206 g/mol. The van der Waals surface area contributed by atoms with Crippen molar-refractivity contribution in [2.24, 2.45) is 5.92 Å². The molecule has 1 aliphatic rings. The van der Waals surface area contributed by atoms with E-state index < -0.39 is 5.97 Å². The van der Waals surface area contributed by atoms with Crippen LogP contribution in [0.2, 0.25) is 0 Å². The summed E-state index contributed by atoms with van der Waals surface area (Å²) in [6.07, 6.45) is 8.76. The maximum Gasteiger partial charge on any atom is 0.323 e. The van der Waals surface area contributed by atoms with Gasteiger partial charge in [-0.15, -0.1) is 10.2 Å². The predicted octanol–water partition coefficient (Wildman–Crippen LogP) is 1.49. The molecule has 0 unspecified atom stereocenters. The van der Waals surface area contributed by atoms with Gasteiger partial charge in [0.25, 0.3) is 0 Å². The van der Waals surface area contributed by atoms with Crippen molar-refractivity contribution >= 4 is 5.97 Å². The van der Waals surface area contributed by atoms with Crippen molar-refractivity contribution < 1.29 is 9.90 Å². The smallest absolute Gasteiger partial charge is 0.323 e. The molecule has 1 aromatic heterocycles. The standard InChI is InChI=1S/C11H17N3O2/c15-11(16)7-14-8-12-13-10(14)6-5-9-3-1-2-4-9/h8-9H,1-7H2,(H,15,16). The molecule has 0 spiro atoms. The molecule has 0 amide bonds. The molecule has 0 aromatic carbocycles. The summed E-state index contributed by atoms with van der Waals surface area (Å²) >= 11 is 0. The molecule has 0 bridgehead atoms. The van der Waals surface area contributed by atoms with Crippen LogP contribution in [0.5, 0.6) is 0 Å². The second-order valence-electron chi connectivity index (χ2n) is 4.46. The van der Waals surface area contributed by atoms with E-state index >= 15 is 0 Å². The lowest BCUT2D eigenvalue weighted by atomic mass is 10.0. The van der Waals surface area contributed by atoms with E-state index in [0.717, 1.165) is 24.6 Å². The van der Waals surface area contributed by atoms with Crippen molar-refractivity contribution in [2.75, 3.05) is 0 Å². The average molecular weight is 223 g/mol. The van der Waals surface area contributed by atoms with Crippen molar-refractivity contribution in [3.63, 3.8) is 0 Å². The number of nitrogens with zero attached hydrogens (tertiary/aromatic N) is 3. The molecule has 88 valence electrons. The van der Waals surface area contributed by atoms with Gasteiger partial charge in [-0.3, -0.25) is 4.79 Å². The second kappa shape index (κ2) is 5.09. The van der Waals surface area contributed by atoms with Gasteiger partial charge >= 0.3 is 5.97 Å². The molecule has 0 atom stereocenters. The third-order valence-electron chi connectivity index (χ3n) is 3.25. The first kappa shape index (κ1) is 11.1. The molecule has 0 radical (unpaired) electrons. The molecule has 0 aliphatic heterocycles. The van der Waals surface area contributed by atoms with Crippen LogP contribution in [0.4, 0.5) is 0 Å². The Bertz CT molecular complexity index is 356. The summed E-state index contributed by atoms with van der Waals surface area (Å²) in [5.74, 6) is 0.756. The first-order chi connectivity index (χ1) is 7.75. The van der Waals surface area contributed by atoms with Crippen LogP contribution in [0, 0.1) is 5.92 Å². The molecule has 1 heterocycles. The highest BCUT2D eigenvalue weighted by Crippen LogP contribution is 2.28. The first-order valence-electron chi connectivity index (χ1n) is 5.84. The van der Waals surface area contributed by atoms with E-state index in [4.69, 9.17) is 5.11 Å². The summed E-state index contributed by atoms with van der Waals surface area (Å²) in [6, 6.07) is 0. The lowest BCUT2D eigenvalue weighted by molar-refractivity contribution is -0.137. The number of carboxylic acid groups (broad SMARTS) is 1. The SMILES string of the molecule is O=C(O)Cn1cnnc1CCC1CCCC1. The minimum Gasteiger partial charge on any atom is -0.480 e. The van der Waals surface area contributed by atoms with Gasteiger partial charge in [-0.05, 0) is 12.3 Å². The van der Waals surface area contributed by atoms with Gasteiger partial charge < -0.3 is 9.67 Å². The van der Waals surface area contributed by atoms with Crippen LogP contribution in [-0.4, -0.2) is 25.8 Å². The van der Waals surface area contributed by atoms with Crippen molar-refractivity contribution in [3.8, 4) is 0 Å². The number of aryl methyl sites for hydroxylation is 1. The van der Waals surface area contributed by atoms with Crippen molar-refractivity contribution in [1.82, 2.24) is 14.8 Å². The fourth-order valence-electron chi connectivity index (χ4n) is 2.38. The molecular formula is C11H17N3O2. The highest BCUT2D eigenvalue weighted by Gasteiger charge is 2.16. The summed E-state index contributed by atoms with van der Waals surface area (Å²) < 4.78 is 1.62. The van der Waals surface area contributed by atoms with Gasteiger partial charge in [0.05, 0.1) is 0 Å². The fraction of sp³-hybridized carbons (Fsp3) is 0.727. The number of rotatable bonds is 5. The zero-order chi connectivity index (χ0) is 11.4. The van der Waals surface area contributed by atoms with E-state index in [1.54, 1.807) is 4.57 Å². The summed E-state index contributed by atoms with van der Waals surface area (Å²) in [4.78, 5) is 10.6. The van der Waals surface area contributed by atoms with Gasteiger partial charge in [-0.2, -0.15) is 0 Å². The monoisotopic (exact) mass is 223 g/mol. The number of aromatic nitrogens is 3.